The molecule has 0 atom stereocenters. The van der Waals surface area contributed by atoms with Crippen LogP contribution in [0.5, 0.6) is 6.01 Å². The lowest BCUT2D eigenvalue weighted by molar-refractivity contribution is 0.156. The summed E-state index contributed by atoms with van der Waals surface area (Å²) in [5.41, 5.74) is 2.16. The molecule has 3 aromatic rings. The molecule has 2 aromatic carbocycles. The van der Waals surface area contributed by atoms with Crippen molar-refractivity contribution >= 4 is 58.4 Å². The van der Waals surface area contributed by atoms with E-state index < -0.39 is 12.0 Å². The topological polar surface area (TPSA) is 111 Å². The Morgan fingerprint density at radius 3 is 2.27 bits per heavy atom. The number of carbonyl (C=O) groups is 1. The highest BCUT2D eigenvalue weighted by Crippen LogP contribution is 2.30. The van der Waals surface area contributed by atoms with Crippen LogP contribution in [0.25, 0.3) is 11.0 Å². The third kappa shape index (κ3) is 5.54. The minimum atomic E-state index is -0.599. The summed E-state index contributed by atoms with van der Waals surface area (Å²) in [6.45, 7) is 1.48. The Kier molecular flexibility index (Phi) is 8.72. The Morgan fingerprint density at radius 1 is 1.07 bits per heavy atom. The van der Waals surface area contributed by atoms with Crippen LogP contribution in [-0.2, 0) is 6.54 Å². The summed E-state index contributed by atoms with van der Waals surface area (Å²) in [6, 6.07) is 8.98. The fourth-order valence-corrected chi connectivity index (χ4v) is 3.26. The zero-order valence-corrected chi connectivity index (χ0v) is 18.1. The number of aromatic nitrogens is 2. The van der Waals surface area contributed by atoms with Crippen molar-refractivity contribution in [3.8, 4) is 6.01 Å². The van der Waals surface area contributed by atoms with Crippen molar-refractivity contribution in [2.24, 2.45) is 0 Å². The van der Waals surface area contributed by atoms with Crippen LogP contribution in [0, 0.1) is 0 Å². The number of aliphatic hydroxyl groups excluding tert-OH is 2. The van der Waals surface area contributed by atoms with Gasteiger partial charge in [-0.05, 0) is 29.8 Å². The van der Waals surface area contributed by atoms with Crippen LogP contribution in [0.3, 0.4) is 0 Å². The minimum Gasteiger partial charge on any atom is -0.480 e. The number of fused-ring (bicyclic) bond motifs is 1. The van der Waals surface area contributed by atoms with E-state index in [0.717, 1.165) is 10.1 Å². The second-order valence-corrected chi connectivity index (χ2v) is 7.17. The standard InChI is InChI=1S/C19H20Cl2N4O4.ClH/c20-14-9-16-17(10-15(14)21)25(19(29)23-16)18(28)22-13-3-1-12(2-4-13)11-24(5-7-26)6-8-27;/h1-4,9-10,26-27H,5-8,11H2,(H,22,28)(H,23,29);1H. The third-order valence-electron chi connectivity index (χ3n) is 4.33. The van der Waals surface area contributed by atoms with Gasteiger partial charge >= 0.3 is 12.0 Å². The first-order chi connectivity index (χ1) is 13.9. The largest absolute Gasteiger partial charge is 0.480 e. The number of nitrogens with one attached hydrogen (secondary N) is 1. The molecule has 162 valence electrons. The maximum Gasteiger partial charge on any atom is 0.334 e. The fraction of sp³-hybridized carbons (Fsp3) is 0.263. The van der Waals surface area contributed by atoms with Gasteiger partial charge in [0.25, 0.3) is 0 Å². The highest BCUT2D eigenvalue weighted by molar-refractivity contribution is 6.42. The molecule has 1 amide bonds. The average molecular weight is 476 g/mol. The Labute approximate surface area is 189 Å². The van der Waals surface area contributed by atoms with Gasteiger partial charge in [-0.15, -0.1) is 12.4 Å². The highest BCUT2D eigenvalue weighted by Gasteiger charge is 2.18. The van der Waals surface area contributed by atoms with Gasteiger partial charge in [0.2, 0.25) is 0 Å². The summed E-state index contributed by atoms with van der Waals surface area (Å²) in [7, 11) is 0. The zero-order chi connectivity index (χ0) is 21.0. The Bertz CT molecular complexity index is 1010. The SMILES string of the molecule is Cl.O=C(Nc1ccc(CN(CCO)CCO)cc1)n1c(O)nc2cc(Cl)c(Cl)cc21. The molecule has 1 aromatic heterocycles. The first kappa shape index (κ1) is 24.2. The Hall–Kier alpha value is -2.07. The van der Waals surface area contributed by atoms with Crippen molar-refractivity contribution in [1.29, 1.82) is 0 Å². The van der Waals surface area contributed by atoms with Crippen LogP contribution in [0.4, 0.5) is 10.5 Å². The molecule has 0 spiro atoms. The molecule has 0 fully saturated rings. The van der Waals surface area contributed by atoms with E-state index in [2.05, 4.69) is 10.3 Å². The molecule has 0 aliphatic carbocycles. The summed E-state index contributed by atoms with van der Waals surface area (Å²) in [5, 5.41) is 31.5. The molecule has 30 heavy (non-hydrogen) atoms. The molecule has 4 N–H and O–H groups in total. The van der Waals surface area contributed by atoms with E-state index in [4.69, 9.17) is 33.4 Å². The molecule has 0 saturated carbocycles. The monoisotopic (exact) mass is 474 g/mol. The summed E-state index contributed by atoms with van der Waals surface area (Å²) in [5.74, 6) is 0. The van der Waals surface area contributed by atoms with E-state index in [1.807, 2.05) is 17.0 Å². The van der Waals surface area contributed by atoms with E-state index >= 15 is 0 Å². The van der Waals surface area contributed by atoms with Crippen molar-refractivity contribution in [1.82, 2.24) is 14.5 Å². The number of aliphatic hydroxyl groups is 2. The molecular formula is C19H21Cl3N4O4. The lowest BCUT2D eigenvalue weighted by Gasteiger charge is -2.20. The maximum atomic E-state index is 12.7. The van der Waals surface area contributed by atoms with Crippen LogP contribution < -0.4 is 5.32 Å². The van der Waals surface area contributed by atoms with Crippen molar-refractivity contribution in [3.63, 3.8) is 0 Å². The second-order valence-electron chi connectivity index (χ2n) is 6.35. The minimum absolute atomic E-state index is 0. The summed E-state index contributed by atoms with van der Waals surface area (Å²) < 4.78 is 1.01. The highest BCUT2D eigenvalue weighted by atomic mass is 35.5. The smallest absolute Gasteiger partial charge is 0.334 e. The quantitative estimate of drug-likeness (QED) is 0.417. The first-order valence-corrected chi connectivity index (χ1v) is 9.59. The molecule has 3 rings (SSSR count). The lowest BCUT2D eigenvalue weighted by atomic mass is 10.2. The Morgan fingerprint density at radius 2 is 1.67 bits per heavy atom. The number of imidazole rings is 1. The first-order valence-electron chi connectivity index (χ1n) is 8.83. The maximum absolute atomic E-state index is 12.7. The summed E-state index contributed by atoms with van der Waals surface area (Å²) >= 11 is 12.0. The van der Waals surface area contributed by atoms with Crippen LogP contribution in [0.1, 0.15) is 5.56 Å². The van der Waals surface area contributed by atoms with E-state index in [1.54, 1.807) is 12.1 Å². The molecule has 0 bridgehead atoms. The number of carbonyl (C=O) groups excluding carboxylic acids is 1. The average Bonchev–Trinajstić information content (AvgIpc) is 2.99. The van der Waals surface area contributed by atoms with Crippen LogP contribution in [0.15, 0.2) is 36.4 Å². The van der Waals surface area contributed by atoms with Crippen molar-refractivity contribution in [3.05, 3.63) is 52.0 Å². The second kappa shape index (κ2) is 10.8. The number of hydrogen-bond acceptors (Lipinski definition) is 6. The lowest BCUT2D eigenvalue weighted by Crippen LogP contribution is -2.29. The Balaban J connectivity index is 0.00000320. The van der Waals surface area contributed by atoms with E-state index in [0.29, 0.717) is 36.4 Å². The molecule has 0 radical (unpaired) electrons. The fourth-order valence-electron chi connectivity index (χ4n) is 2.94. The summed E-state index contributed by atoms with van der Waals surface area (Å²) in [6.07, 6.45) is 0. The van der Waals surface area contributed by atoms with Gasteiger partial charge < -0.3 is 20.6 Å². The number of rotatable bonds is 7. The van der Waals surface area contributed by atoms with Gasteiger partial charge in [0.1, 0.15) is 0 Å². The normalized spacial score (nSPS) is 11.0. The van der Waals surface area contributed by atoms with Gasteiger partial charge in [0, 0.05) is 25.3 Å². The molecule has 1 heterocycles. The number of aromatic hydroxyl groups is 1. The van der Waals surface area contributed by atoms with Crippen molar-refractivity contribution < 1.29 is 20.1 Å². The van der Waals surface area contributed by atoms with Crippen LogP contribution in [0.2, 0.25) is 10.0 Å². The number of nitrogens with zero attached hydrogens (tertiary/aromatic N) is 3. The number of benzene rings is 2. The van der Waals surface area contributed by atoms with E-state index in [1.165, 1.54) is 12.1 Å². The van der Waals surface area contributed by atoms with Crippen molar-refractivity contribution in [2.45, 2.75) is 6.54 Å². The number of hydrogen-bond donors (Lipinski definition) is 4. The zero-order valence-electron chi connectivity index (χ0n) is 15.8. The van der Waals surface area contributed by atoms with Gasteiger partial charge in [-0.1, -0.05) is 35.3 Å². The molecule has 11 heteroatoms. The number of anilines is 1. The molecular weight excluding hydrogens is 455 g/mol. The van der Waals surface area contributed by atoms with Gasteiger partial charge in [-0.2, -0.15) is 4.98 Å². The van der Waals surface area contributed by atoms with Gasteiger partial charge in [0.05, 0.1) is 34.3 Å². The molecule has 0 aliphatic heterocycles. The molecule has 8 nitrogen and oxygen atoms in total. The molecule has 0 saturated heterocycles. The van der Waals surface area contributed by atoms with Gasteiger partial charge in [-0.3, -0.25) is 4.90 Å². The number of halogens is 3. The molecule has 0 aliphatic rings. The third-order valence-corrected chi connectivity index (χ3v) is 5.05. The number of amides is 1. The predicted molar refractivity (Wildman–Crippen MR) is 119 cm³/mol. The van der Waals surface area contributed by atoms with Gasteiger partial charge in [-0.25, -0.2) is 9.36 Å². The van der Waals surface area contributed by atoms with Crippen LogP contribution in [-0.4, -0.2) is 62.1 Å². The van der Waals surface area contributed by atoms with E-state index in [-0.39, 0.29) is 35.7 Å². The van der Waals surface area contributed by atoms with Crippen molar-refractivity contribution in [2.75, 3.05) is 31.6 Å². The molecule has 0 unspecified atom stereocenters. The summed E-state index contributed by atoms with van der Waals surface area (Å²) in [4.78, 5) is 18.5. The predicted octanol–water partition coefficient (Wildman–Crippen LogP) is 3.34. The van der Waals surface area contributed by atoms with E-state index in [9.17, 15) is 9.90 Å². The van der Waals surface area contributed by atoms with Crippen LogP contribution >= 0.6 is 35.6 Å². The van der Waals surface area contributed by atoms with Gasteiger partial charge in [0.15, 0.2) is 0 Å².